The van der Waals surface area contributed by atoms with Crippen LogP contribution in [0.25, 0.3) is 0 Å². The molecule has 6 nitrogen and oxygen atoms in total. The van der Waals surface area contributed by atoms with Crippen molar-refractivity contribution in [3.63, 3.8) is 0 Å². The predicted molar refractivity (Wildman–Crippen MR) is 86.4 cm³/mol. The van der Waals surface area contributed by atoms with Gasteiger partial charge in [-0.05, 0) is 37.1 Å². The number of likely N-dealkylation sites (tertiary alicyclic amines) is 1. The summed E-state index contributed by atoms with van der Waals surface area (Å²) in [5.41, 5.74) is 6.53. The first kappa shape index (κ1) is 16.6. The van der Waals surface area contributed by atoms with Gasteiger partial charge in [0, 0.05) is 12.6 Å². The molecule has 0 aliphatic carbocycles. The Bertz CT molecular complexity index is 535. The molecule has 122 valence electrons. The molecule has 22 heavy (non-hydrogen) atoms. The Morgan fingerprint density at radius 2 is 2.18 bits per heavy atom. The van der Waals surface area contributed by atoms with Crippen LogP contribution in [0.2, 0.25) is 0 Å². The van der Waals surface area contributed by atoms with Crippen molar-refractivity contribution in [2.75, 3.05) is 45.7 Å². The van der Waals surface area contributed by atoms with E-state index in [1.54, 1.807) is 32.4 Å². The van der Waals surface area contributed by atoms with E-state index in [1.807, 2.05) is 0 Å². The second kappa shape index (κ2) is 6.98. The summed E-state index contributed by atoms with van der Waals surface area (Å²) in [7, 11) is 3.16. The van der Waals surface area contributed by atoms with Crippen molar-refractivity contribution in [2.24, 2.45) is 11.1 Å². The molecule has 0 radical (unpaired) electrons. The van der Waals surface area contributed by atoms with Gasteiger partial charge in [-0.1, -0.05) is 6.92 Å². The largest absolute Gasteiger partial charge is 0.497 e. The third-order valence-corrected chi connectivity index (χ3v) is 4.18. The molecule has 3 N–H and O–H groups in total. The number of anilines is 1. The van der Waals surface area contributed by atoms with Crippen molar-refractivity contribution in [3.8, 4) is 11.5 Å². The van der Waals surface area contributed by atoms with Gasteiger partial charge in [0.25, 0.3) is 0 Å². The maximum atomic E-state index is 12.3. The van der Waals surface area contributed by atoms with Gasteiger partial charge in [-0.3, -0.25) is 9.69 Å². The zero-order valence-corrected chi connectivity index (χ0v) is 13.5. The van der Waals surface area contributed by atoms with Gasteiger partial charge in [-0.2, -0.15) is 0 Å². The van der Waals surface area contributed by atoms with Crippen molar-refractivity contribution >= 4 is 11.6 Å². The highest BCUT2D eigenvalue weighted by atomic mass is 16.5. The lowest BCUT2D eigenvalue weighted by Gasteiger charge is -2.22. The van der Waals surface area contributed by atoms with Gasteiger partial charge in [0.2, 0.25) is 5.91 Å². The summed E-state index contributed by atoms with van der Waals surface area (Å²) in [5.74, 6) is 1.23. The summed E-state index contributed by atoms with van der Waals surface area (Å²) < 4.78 is 10.4. The summed E-state index contributed by atoms with van der Waals surface area (Å²) in [6.07, 6.45) is 1.03. The number of nitrogens with two attached hydrogens (primary N) is 1. The molecule has 0 spiro atoms. The van der Waals surface area contributed by atoms with Crippen LogP contribution in [-0.2, 0) is 4.79 Å². The number of amides is 1. The Morgan fingerprint density at radius 3 is 2.77 bits per heavy atom. The minimum Gasteiger partial charge on any atom is -0.497 e. The Hall–Kier alpha value is -1.79. The van der Waals surface area contributed by atoms with Crippen molar-refractivity contribution in [2.45, 2.75) is 13.3 Å². The summed E-state index contributed by atoms with van der Waals surface area (Å²) in [6.45, 7) is 4.92. The first-order valence-corrected chi connectivity index (χ1v) is 7.44. The Labute approximate surface area is 131 Å². The second-order valence-corrected chi connectivity index (χ2v) is 6.09. The molecular formula is C16H25N3O3. The maximum Gasteiger partial charge on any atom is 0.238 e. The van der Waals surface area contributed by atoms with Crippen LogP contribution in [0, 0.1) is 5.41 Å². The highest BCUT2D eigenvalue weighted by Crippen LogP contribution is 2.30. The van der Waals surface area contributed by atoms with E-state index >= 15 is 0 Å². The minimum absolute atomic E-state index is 0.0622. The van der Waals surface area contributed by atoms with E-state index < -0.39 is 0 Å². The van der Waals surface area contributed by atoms with Crippen LogP contribution in [0.15, 0.2) is 18.2 Å². The molecular weight excluding hydrogens is 282 g/mol. The molecule has 1 aromatic carbocycles. The second-order valence-electron chi connectivity index (χ2n) is 6.09. The molecule has 1 aliphatic rings. The van der Waals surface area contributed by atoms with E-state index in [0.717, 1.165) is 19.5 Å². The van der Waals surface area contributed by atoms with Crippen LogP contribution in [0.1, 0.15) is 13.3 Å². The number of hydrogen-bond donors (Lipinski definition) is 2. The summed E-state index contributed by atoms with van der Waals surface area (Å²) in [6, 6.07) is 5.32. The lowest BCUT2D eigenvalue weighted by Crippen LogP contribution is -2.35. The molecule has 1 unspecified atom stereocenters. The number of nitrogens with one attached hydrogen (secondary N) is 1. The number of methoxy groups -OCH3 is 2. The third kappa shape index (κ3) is 3.90. The molecule has 1 atom stereocenters. The molecule has 1 aromatic rings. The molecule has 1 saturated heterocycles. The number of carbonyl (C=O) groups excluding carboxylic acids is 1. The third-order valence-electron chi connectivity index (χ3n) is 4.18. The van der Waals surface area contributed by atoms with Gasteiger partial charge < -0.3 is 20.5 Å². The molecule has 0 saturated carbocycles. The van der Waals surface area contributed by atoms with Gasteiger partial charge in [0.1, 0.15) is 11.5 Å². The first-order valence-electron chi connectivity index (χ1n) is 7.44. The van der Waals surface area contributed by atoms with Gasteiger partial charge in [0.05, 0.1) is 26.5 Å². The lowest BCUT2D eigenvalue weighted by molar-refractivity contribution is -0.117. The number of hydrogen-bond acceptors (Lipinski definition) is 5. The van der Waals surface area contributed by atoms with Crippen LogP contribution < -0.4 is 20.5 Å². The van der Waals surface area contributed by atoms with Crippen molar-refractivity contribution in [1.29, 1.82) is 0 Å². The van der Waals surface area contributed by atoms with E-state index in [4.69, 9.17) is 15.2 Å². The molecule has 0 bridgehead atoms. The fourth-order valence-corrected chi connectivity index (χ4v) is 2.73. The molecule has 6 heteroatoms. The van der Waals surface area contributed by atoms with Gasteiger partial charge in [-0.25, -0.2) is 0 Å². The highest BCUT2D eigenvalue weighted by Gasteiger charge is 2.33. The van der Waals surface area contributed by atoms with E-state index in [0.29, 0.717) is 30.3 Å². The Morgan fingerprint density at radius 1 is 1.41 bits per heavy atom. The van der Waals surface area contributed by atoms with E-state index in [2.05, 4.69) is 17.1 Å². The number of ether oxygens (including phenoxy) is 2. The molecule has 1 amide bonds. The van der Waals surface area contributed by atoms with Gasteiger partial charge in [-0.15, -0.1) is 0 Å². The minimum atomic E-state index is -0.0622. The zero-order valence-electron chi connectivity index (χ0n) is 13.5. The van der Waals surface area contributed by atoms with Crippen LogP contribution in [0.3, 0.4) is 0 Å². The van der Waals surface area contributed by atoms with Gasteiger partial charge >= 0.3 is 0 Å². The van der Waals surface area contributed by atoms with Crippen LogP contribution in [0.5, 0.6) is 11.5 Å². The van der Waals surface area contributed by atoms with Crippen LogP contribution in [-0.4, -0.2) is 51.2 Å². The zero-order chi connectivity index (χ0) is 16.2. The summed E-state index contributed by atoms with van der Waals surface area (Å²) >= 11 is 0. The SMILES string of the molecule is COc1ccc(OC)c(NC(=O)CN2CCC(C)(CN)C2)c1. The average Bonchev–Trinajstić information content (AvgIpc) is 2.88. The normalized spacial score (nSPS) is 21.6. The fraction of sp³-hybridized carbons (Fsp3) is 0.562. The molecule has 2 rings (SSSR count). The quantitative estimate of drug-likeness (QED) is 0.829. The predicted octanol–water partition coefficient (Wildman–Crippen LogP) is 1.31. The fourth-order valence-electron chi connectivity index (χ4n) is 2.73. The molecule has 0 aromatic heterocycles. The summed E-state index contributed by atoms with van der Waals surface area (Å²) in [5, 5.41) is 2.89. The Balaban J connectivity index is 1.98. The van der Waals surface area contributed by atoms with Crippen molar-refractivity contribution < 1.29 is 14.3 Å². The number of benzene rings is 1. The highest BCUT2D eigenvalue weighted by molar-refractivity contribution is 5.94. The van der Waals surface area contributed by atoms with Crippen molar-refractivity contribution in [1.82, 2.24) is 4.90 Å². The standard InChI is InChI=1S/C16H25N3O3/c1-16(10-17)6-7-19(11-16)9-15(20)18-13-8-12(21-2)4-5-14(13)22-3/h4-5,8H,6-7,9-11,17H2,1-3H3,(H,18,20). The lowest BCUT2D eigenvalue weighted by atomic mass is 9.90. The smallest absolute Gasteiger partial charge is 0.238 e. The molecule has 1 aliphatic heterocycles. The number of rotatable bonds is 6. The van der Waals surface area contributed by atoms with E-state index in [-0.39, 0.29) is 11.3 Å². The summed E-state index contributed by atoms with van der Waals surface area (Å²) in [4.78, 5) is 14.4. The van der Waals surface area contributed by atoms with Crippen LogP contribution in [0.4, 0.5) is 5.69 Å². The number of nitrogens with zero attached hydrogens (tertiary/aromatic N) is 1. The Kier molecular flexibility index (Phi) is 5.26. The molecule has 1 fully saturated rings. The first-order chi connectivity index (χ1) is 10.5. The van der Waals surface area contributed by atoms with Crippen LogP contribution >= 0.6 is 0 Å². The topological polar surface area (TPSA) is 76.8 Å². The van der Waals surface area contributed by atoms with E-state index in [9.17, 15) is 4.79 Å². The monoisotopic (exact) mass is 307 g/mol. The van der Waals surface area contributed by atoms with Crippen molar-refractivity contribution in [3.05, 3.63) is 18.2 Å². The average molecular weight is 307 g/mol. The number of carbonyl (C=O) groups is 1. The maximum absolute atomic E-state index is 12.3. The molecule has 1 heterocycles. The van der Waals surface area contributed by atoms with Gasteiger partial charge in [0.15, 0.2) is 0 Å². The van der Waals surface area contributed by atoms with E-state index in [1.165, 1.54) is 0 Å².